The largest absolute Gasteiger partial charge is 0.392 e. The van der Waals surface area contributed by atoms with Gasteiger partial charge in [-0.05, 0) is 25.7 Å². The van der Waals surface area contributed by atoms with Crippen molar-refractivity contribution in [3.05, 3.63) is 12.2 Å². The van der Waals surface area contributed by atoms with Gasteiger partial charge in [-0.2, -0.15) is 13.2 Å². The number of alkyl halides is 3. The highest BCUT2D eigenvalue weighted by Gasteiger charge is 2.43. The van der Waals surface area contributed by atoms with E-state index in [4.69, 9.17) is 4.74 Å². The van der Waals surface area contributed by atoms with Crippen molar-refractivity contribution >= 4 is 0 Å². The van der Waals surface area contributed by atoms with E-state index in [1.807, 2.05) is 0 Å². The van der Waals surface area contributed by atoms with Crippen molar-refractivity contribution in [2.75, 3.05) is 13.7 Å². The summed E-state index contributed by atoms with van der Waals surface area (Å²) in [5.41, 5.74) is 0.771. The van der Waals surface area contributed by atoms with Gasteiger partial charge in [-0.3, -0.25) is 0 Å². The van der Waals surface area contributed by atoms with Gasteiger partial charge >= 0.3 is 6.18 Å². The van der Waals surface area contributed by atoms with E-state index in [2.05, 4.69) is 6.58 Å². The lowest BCUT2D eigenvalue weighted by Crippen LogP contribution is -2.33. The van der Waals surface area contributed by atoms with E-state index in [-0.39, 0.29) is 13.0 Å². The lowest BCUT2D eigenvalue weighted by Gasteiger charge is -2.28. The molecular formula is C12H21F3O. The molecule has 0 aliphatic carbocycles. The fourth-order valence-electron chi connectivity index (χ4n) is 1.96. The molecule has 4 heteroatoms. The number of hydrogen-bond acceptors (Lipinski definition) is 1. The molecule has 16 heavy (non-hydrogen) atoms. The molecule has 0 aliphatic heterocycles. The molecule has 0 heterocycles. The minimum Gasteiger partial charge on any atom is -0.384 e. The minimum absolute atomic E-state index is 0.136. The fraction of sp³-hybridized carbons (Fsp3) is 0.833. The second-order valence-electron chi connectivity index (χ2n) is 4.31. The molecule has 0 rings (SSSR count). The third-order valence-electron chi connectivity index (χ3n) is 2.58. The normalized spacial score (nSPS) is 15.9. The van der Waals surface area contributed by atoms with Gasteiger partial charge in [0.1, 0.15) is 0 Å². The number of methoxy groups -OCH3 is 1. The molecule has 0 fully saturated rings. The molecule has 0 unspecified atom stereocenters. The van der Waals surface area contributed by atoms with Crippen molar-refractivity contribution in [1.82, 2.24) is 0 Å². The van der Waals surface area contributed by atoms with E-state index in [1.165, 1.54) is 7.11 Å². The Bertz CT molecular complexity index is 211. The molecule has 2 atom stereocenters. The zero-order valence-corrected chi connectivity index (χ0v) is 10.2. The molecule has 0 saturated heterocycles. The van der Waals surface area contributed by atoms with Gasteiger partial charge in [0.05, 0.1) is 5.92 Å². The average molecular weight is 238 g/mol. The Morgan fingerprint density at radius 3 is 2.25 bits per heavy atom. The summed E-state index contributed by atoms with van der Waals surface area (Å²) in [6.07, 6.45) is -3.09. The van der Waals surface area contributed by atoms with Crippen LogP contribution in [0.15, 0.2) is 12.2 Å². The number of rotatable bonds is 7. The fourth-order valence-corrected chi connectivity index (χ4v) is 1.96. The predicted octanol–water partition coefficient (Wildman–Crippen LogP) is 4.19. The summed E-state index contributed by atoms with van der Waals surface area (Å²) in [5, 5.41) is 0. The Morgan fingerprint density at radius 2 is 1.94 bits per heavy atom. The maximum atomic E-state index is 12.8. The molecule has 0 aliphatic rings. The van der Waals surface area contributed by atoms with E-state index in [0.717, 1.165) is 5.57 Å². The van der Waals surface area contributed by atoms with Gasteiger partial charge in [0.2, 0.25) is 0 Å². The van der Waals surface area contributed by atoms with Crippen molar-refractivity contribution in [3.63, 3.8) is 0 Å². The van der Waals surface area contributed by atoms with Gasteiger partial charge in [0.25, 0.3) is 0 Å². The zero-order valence-electron chi connectivity index (χ0n) is 10.2. The summed E-state index contributed by atoms with van der Waals surface area (Å²) in [4.78, 5) is 0. The van der Waals surface area contributed by atoms with Crippen LogP contribution in [0.3, 0.4) is 0 Å². The van der Waals surface area contributed by atoms with Gasteiger partial charge < -0.3 is 4.74 Å². The van der Waals surface area contributed by atoms with E-state index < -0.39 is 18.0 Å². The highest BCUT2D eigenvalue weighted by Crippen LogP contribution is 2.38. The van der Waals surface area contributed by atoms with E-state index in [1.54, 1.807) is 13.8 Å². The van der Waals surface area contributed by atoms with Crippen LogP contribution in [0, 0.1) is 11.8 Å². The summed E-state index contributed by atoms with van der Waals surface area (Å²) < 4.78 is 43.4. The SMILES string of the molecule is C=C(C)C[C@H](COC)[C@H](CCC)C(F)(F)F. The second-order valence-corrected chi connectivity index (χ2v) is 4.31. The van der Waals surface area contributed by atoms with Crippen LogP contribution < -0.4 is 0 Å². The maximum absolute atomic E-state index is 12.8. The zero-order chi connectivity index (χ0) is 12.8. The third kappa shape index (κ3) is 5.54. The first-order chi connectivity index (χ1) is 7.32. The highest BCUT2D eigenvalue weighted by atomic mass is 19.4. The Hall–Kier alpha value is -0.510. The lowest BCUT2D eigenvalue weighted by molar-refractivity contribution is -0.195. The topological polar surface area (TPSA) is 9.23 Å². The van der Waals surface area contributed by atoms with E-state index in [0.29, 0.717) is 12.8 Å². The summed E-state index contributed by atoms with van der Waals surface area (Å²) in [6, 6.07) is 0. The number of hydrogen-bond donors (Lipinski definition) is 0. The molecule has 0 N–H and O–H groups in total. The average Bonchev–Trinajstić information content (AvgIpc) is 2.11. The molecule has 1 nitrogen and oxygen atoms in total. The Kier molecular flexibility index (Phi) is 6.72. The molecule has 0 saturated carbocycles. The molecular weight excluding hydrogens is 217 g/mol. The van der Waals surface area contributed by atoms with Gasteiger partial charge in [-0.15, -0.1) is 6.58 Å². The van der Waals surface area contributed by atoms with Crippen LogP contribution >= 0.6 is 0 Å². The smallest absolute Gasteiger partial charge is 0.384 e. The Labute approximate surface area is 95.7 Å². The van der Waals surface area contributed by atoms with Crippen LogP contribution in [0.1, 0.15) is 33.1 Å². The van der Waals surface area contributed by atoms with Gasteiger partial charge in [-0.25, -0.2) is 0 Å². The third-order valence-corrected chi connectivity index (χ3v) is 2.58. The quantitative estimate of drug-likeness (QED) is 0.604. The minimum atomic E-state index is -4.14. The van der Waals surface area contributed by atoms with Crippen LogP contribution in [0.4, 0.5) is 13.2 Å². The molecule has 0 radical (unpaired) electrons. The first kappa shape index (κ1) is 15.5. The van der Waals surface area contributed by atoms with Crippen molar-refractivity contribution in [2.24, 2.45) is 11.8 Å². The second kappa shape index (κ2) is 6.94. The first-order valence-electron chi connectivity index (χ1n) is 5.52. The summed E-state index contributed by atoms with van der Waals surface area (Å²) in [5.74, 6) is -1.79. The van der Waals surface area contributed by atoms with Crippen molar-refractivity contribution in [2.45, 2.75) is 39.3 Å². The van der Waals surface area contributed by atoms with Crippen LogP contribution in [0.25, 0.3) is 0 Å². The lowest BCUT2D eigenvalue weighted by atomic mass is 9.84. The molecule has 0 bridgehead atoms. The van der Waals surface area contributed by atoms with Crippen molar-refractivity contribution < 1.29 is 17.9 Å². The predicted molar refractivity (Wildman–Crippen MR) is 59.3 cm³/mol. The van der Waals surface area contributed by atoms with Crippen LogP contribution in [0.5, 0.6) is 0 Å². The van der Waals surface area contributed by atoms with E-state index >= 15 is 0 Å². The standard InChI is InChI=1S/C12H21F3O/c1-5-6-11(12(13,14)15)10(8-16-4)7-9(2)3/h10-11H,2,5-8H2,1,3-4H3/t10-,11+/m1/s1. The first-order valence-corrected chi connectivity index (χ1v) is 5.52. The Balaban J connectivity index is 4.71. The number of halogens is 3. The van der Waals surface area contributed by atoms with Crippen molar-refractivity contribution in [1.29, 1.82) is 0 Å². The molecule has 0 aromatic rings. The maximum Gasteiger partial charge on any atom is 0.392 e. The van der Waals surface area contributed by atoms with Gasteiger partial charge in [0, 0.05) is 13.7 Å². The monoisotopic (exact) mass is 238 g/mol. The molecule has 0 aromatic heterocycles. The van der Waals surface area contributed by atoms with Gasteiger partial charge in [-0.1, -0.05) is 18.9 Å². The summed E-state index contributed by atoms with van der Waals surface area (Å²) in [6.45, 7) is 7.33. The summed E-state index contributed by atoms with van der Waals surface area (Å²) >= 11 is 0. The molecule has 96 valence electrons. The van der Waals surface area contributed by atoms with Gasteiger partial charge in [0.15, 0.2) is 0 Å². The van der Waals surface area contributed by atoms with E-state index in [9.17, 15) is 13.2 Å². The Morgan fingerprint density at radius 1 is 1.38 bits per heavy atom. The molecule has 0 amide bonds. The van der Waals surface area contributed by atoms with Crippen LogP contribution in [-0.4, -0.2) is 19.9 Å². The van der Waals surface area contributed by atoms with Crippen molar-refractivity contribution in [3.8, 4) is 0 Å². The summed E-state index contributed by atoms with van der Waals surface area (Å²) in [7, 11) is 1.44. The van der Waals surface area contributed by atoms with Crippen LogP contribution in [-0.2, 0) is 4.74 Å². The number of allylic oxidation sites excluding steroid dienone is 1. The highest BCUT2D eigenvalue weighted by molar-refractivity contribution is 4.93. The molecule has 0 spiro atoms. The number of ether oxygens (including phenoxy) is 1. The molecule has 0 aromatic carbocycles. The van der Waals surface area contributed by atoms with Crippen LogP contribution in [0.2, 0.25) is 0 Å².